The number of hydrogen-bond acceptors (Lipinski definition) is 3. The second-order valence-electron chi connectivity index (χ2n) is 2.87. The monoisotopic (exact) mass is 172 g/mol. The number of hydrogen-bond donors (Lipinski definition) is 0. The van der Waals surface area contributed by atoms with Gasteiger partial charge in [0.05, 0.1) is 0 Å². The first kappa shape index (κ1) is 8.78. The van der Waals surface area contributed by atoms with Gasteiger partial charge in [-0.15, -0.1) is 0 Å². The number of ketones is 1. The summed E-state index contributed by atoms with van der Waals surface area (Å²) < 4.78 is 0. The molecule has 0 radical (unpaired) electrons. The van der Waals surface area contributed by atoms with E-state index >= 15 is 0 Å². The van der Waals surface area contributed by atoms with Gasteiger partial charge in [-0.3, -0.25) is 9.59 Å². The van der Waals surface area contributed by atoms with E-state index < -0.39 is 0 Å². The molecule has 0 heterocycles. The van der Waals surface area contributed by atoms with Crippen molar-refractivity contribution in [3.05, 3.63) is 0 Å². The summed E-state index contributed by atoms with van der Waals surface area (Å²) in [5.41, 5.74) is 0. The molecule has 1 rings (SSSR count). The van der Waals surface area contributed by atoms with Crippen LogP contribution in [0.3, 0.4) is 0 Å². The lowest BCUT2D eigenvalue weighted by Gasteiger charge is -2.18. The smallest absolute Gasteiger partial charge is 0.186 e. The van der Waals surface area contributed by atoms with E-state index in [1.165, 1.54) is 11.8 Å². The number of carbonyl (C=O) groups excluding carboxylic acids is 2. The maximum Gasteiger partial charge on any atom is 0.186 e. The summed E-state index contributed by atoms with van der Waals surface area (Å²) in [5, 5.41) is 0.401. The van der Waals surface area contributed by atoms with Crippen LogP contribution in [-0.4, -0.2) is 16.1 Å². The van der Waals surface area contributed by atoms with E-state index in [4.69, 9.17) is 0 Å². The molecule has 0 N–H and O–H groups in total. The Morgan fingerprint density at radius 1 is 1.64 bits per heavy atom. The van der Waals surface area contributed by atoms with Crippen LogP contribution in [0.4, 0.5) is 0 Å². The molecule has 0 aliphatic heterocycles. The molecule has 1 fully saturated rings. The largest absolute Gasteiger partial charge is 0.300 e. The molecule has 0 bridgehead atoms. The van der Waals surface area contributed by atoms with Gasteiger partial charge in [-0.25, -0.2) is 0 Å². The summed E-state index contributed by atoms with van der Waals surface area (Å²) in [4.78, 5) is 21.6. The van der Waals surface area contributed by atoms with Crippen LogP contribution in [0.5, 0.6) is 0 Å². The highest BCUT2D eigenvalue weighted by Crippen LogP contribution is 2.26. The van der Waals surface area contributed by atoms with Gasteiger partial charge >= 0.3 is 0 Å². The zero-order valence-corrected chi connectivity index (χ0v) is 7.45. The van der Waals surface area contributed by atoms with Crippen LogP contribution in [0, 0.1) is 0 Å². The summed E-state index contributed by atoms with van der Waals surface area (Å²) in [6.45, 7) is 1.56. The quantitative estimate of drug-likeness (QED) is 0.604. The minimum absolute atomic E-state index is 0.129. The molecule has 0 spiro atoms. The first-order valence-corrected chi connectivity index (χ1v) is 4.75. The van der Waals surface area contributed by atoms with Crippen LogP contribution in [0.15, 0.2) is 0 Å². The Balaban J connectivity index is 2.34. The second-order valence-corrected chi connectivity index (χ2v) is 4.34. The standard InChI is InChI=1S/C8H12O2S/c1-6(9)11-8-4-2-3-7(10)5-8/h8H,2-5H2,1H3. The molecular weight excluding hydrogens is 160 g/mol. The van der Waals surface area contributed by atoms with Crippen LogP contribution in [0.2, 0.25) is 0 Å². The van der Waals surface area contributed by atoms with Crippen molar-refractivity contribution in [2.45, 2.75) is 37.9 Å². The maximum atomic E-state index is 10.9. The van der Waals surface area contributed by atoms with Crippen LogP contribution in [0.1, 0.15) is 32.6 Å². The molecule has 0 aromatic heterocycles. The van der Waals surface area contributed by atoms with Crippen molar-refractivity contribution in [1.29, 1.82) is 0 Å². The third-order valence-corrected chi connectivity index (χ3v) is 2.84. The number of carbonyl (C=O) groups is 2. The second kappa shape index (κ2) is 3.90. The molecule has 3 heteroatoms. The SMILES string of the molecule is CC(=O)SC1CCCC(=O)C1. The molecule has 11 heavy (non-hydrogen) atoms. The lowest BCUT2D eigenvalue weighted by Crippen LogP contribution is -2.17. The van der Waals surface area contributed by atoms with Gasteiger partial charge in [0.15, 0.2) is 5.12 Å². The summed E-state index contributed by atoms with van der Waals surface area (Å²) in [6.07, 6.45) is 3.30. The molecule has 1 saturated carbocycles. The molecule has 1 aliphatic carbocycles. The van der Waals surface area contributed by atoms with Gasteiger partial charge in [0.2, 0.25) is 0 Å². The Hall–Kier alpha value is -0.310. The van der Waals surface area contributed by atoms with Crippen molar-refractivity contribution in [2.75, 3.05) is 0 Å². The van der Waals surface area contributed by atoms with Crippen LogP contribution < -0.4 is 0 Å². The topological polar surface area (TPSA) is 34.1 Å². The van der Waals surface area contributed by atoms with Gasteiger partial charge in [0.25, 0.3) is 0 Å². The molecular formula is C8H12O2S. The molecule has 2 nitrogen and oxygen atoms in total. The summed E-state index contributed by atoms with van der Waals surface area (Å²) in [5.74, 6) is 0.315. The Labute approximate surface area is 70.7 Å². The molecule has 1 atom stereocenters. The zero-order chi connectivity index (χ0) is 8.27. The van der Waals surface area contributed by atoms with Gasteiger partial charge in [-0.1, -0.05) is 11.8 Å². The lowest BCUT2D eigenvalue weighted by molar-refractivity contribution is -0.120. The van der Waals surface area contributed by atoms with Crippen molar-refractivity contribution in [1.82, 2.24) is 0 Å². The van der Waals surface area contributed by atoms with Crippen LogP contribution >= 0.6 is 11.8 Å². The number of rotatable bonds is 1. The first-order valence-electron chi connectivity index (χ1n) is 3.87. The Bertz CT molecular complexity index is 175. The minimum atomic E-state index is 0.129. The number of Topliss-reactive ketones (excluding diaryl/α,β-unsaturated/α-hetero) is 1. The van der Waals surface area contributed by atoms with E-state index in [1.54, 1.807) is 6.92 Å². The predicted octanol–water partition coefficient (Wildman–Crippen LogP) is 1.78. The van der Waals surface area contributed by atoms with Gasteiger partial charge < -0.3 is 0 Å². The summed E-state index contributed by atoms with van der Waals surface area (Å²) >= 11 is 1.32. The Morgan fingerprint density at radius 3 is 2.91 bits per heavy atom. The van der Waals surface area contributed by atoms with E-state index in [2.05, 4.69) is 0 Å². The summed E-state index contributed by atoms with van der Waals surface area (Å²) in [7, 11) is 0. The van der Waals surface area contributed by atoms with Crippen LogP contribution in [-0.2, 0) is 9.59 Å². The predicted molar refractivity (Wildman–Crippen MR) is 45.5 cm³/mol. The Kier molecular flexibility index (Phi) is 3.12. The fourth-order valence-electron chi connectivity index (χ4n) is 1.32. The molecule has 1 unspecified atom stereocenters. The van der Waals surface area contributed by atoms with E-state index in [0.29, 0.717) is 12.2 Å². The van der Waals surface area contributed by atoms with E-state index in [9.17, 15) is 9.59 Å². The molecule has 1 aliphatic rings. The highest BCUT2D eigenvalue weighted by atomic mass is 32.2. The van der Waals surface area contributed by atoms with Crippen molar-refractivity contribution in [2.24, 2.45) is 0 Å². The third-order valence-electron chi connectivity index (χ3n) is 1.77. The molecule has 62 valence electrons. The van der Waals surface area contributed by atoms with E-state index in [-0.39, 0.29) is 10.4 Å². The number of thioether (sulfide) groups is 1. The maximum absolute atomic E-state index is 10.9. The fraction of sp³-hybridized carbons (Fsp3) is 0.750. The molecule has 0 aromatic rings. The van der Waals surface area contributed by atoms with Gasteiger partial charge in [0.1, 0.15) is 5.78 Å². The van der Waals surface area contributed by atoms with Crippen molar-refractivity contribution >= 4 is 22.7 Å². The molecule has 0 saturated heterocycles. The fourth-order valence-corrected chi connectivity index (χ4v) is 2.34. The third kappa shape index (κ3) is 3.06. The van der Waals surface area contributed by atoms with E-state index in [1.807, 2.05) is 0 Å². The lowest BCUT2D eigenvalue weighted by atomic mass is 9.99. The van der Waals surface area contributed by atoms with E-state index in [0.717, 1.165) is 19.3 Å². The van der Waals surface area contributed by atoms with Crippen molar-refractivity contribution in [3.8, 4) is 0 Å². The highest BCUT2D eigenvalue weighted by Gasteiger charge is 2.20. The first-order chi connectivity index (χ1) is 5.18. The van der Waals surface area contributed by atoms with Crippen molar-refractivity contribution < 1.29 is 9.59 Å². The highest BCUT2D eigenvalue weighted by molar-refractivity contribution is 8.14. The minimum Gasteiger partial charge on any atom is -0.300 e. The zero-order valence-electron chi connectivity index (χ0n) is 6.63. The van der Waals surface area contributed by atoms with Crippen molar-refractivity contribution in [3.63, 3.8) is 0 Å². The van der Waals surface area contributed by atoms with Gasteiger partial charge in [0, 0.05) is 25.0 Å². The average Bonchev–Trinajstić information content (AvgIpc) is 1.85. The summed E-state index contributed by atoms with van der Waals surface area (Å²) in [6, 6.07) is 0. The van der Waals surface area contributed by atoms with Crippen LogP contribution in [0.25, 0.3) is 0 Å². The molecule has 0 amide bonds. The average molecular weight is 172 g/mol. The Morgan fingerprint density at radius 2 is 2.36 bits per heavy atom. The van der Waals surface area contributed by atoms with Gasteiger partial charge in [-0.2, -0.15) is 0 Å². The molecule has 0 aromatic carbocycles. The normalized spacial score (nSPS) is 25.2. The van der Waals surface area contributed by atoms with Gasteiger partial charge in [-0.05, 0) is 12.8 Å².